The summed E-state index contributed by atoms with van der Waals surface area (Å²) in [4.78, 5) is 4.32. The Morgan fingerprint density at radius 2 is 2.06 bits per heavy atom. The first kappa shape index (κ1) is 13.5. The fourth-order valence-electron chi connectivity index (χ4n) is 1.70. The zero-order chi connectivity index (χ0) is 13.0. The van der Waals surface area contributed by atoms with Gasteiger partial charge in [0.05, 0.1) is 5.69 Å². The van der Waals surface area contributed by atoms with Gasteiger partial charge in [0.25, 0.3) is 0 Å². The van der Waals surface area contributed by atoms with Gasteiger partial charge in [-0.15, -0.1) is 0 Å². The molecule has 1 N–H and O–H groups in total. The highest BCUT2D eigenvalue weighted by molar-refractivity contribution is 9.10. The average Bonchev–Trinajstić information content (AvgIpc) is 2.38. The first-order valence-corrected chi connectivity index (χ1v) is 6.92. The molecule has 1 aromatic carbocycles. The van der Waals surface area contributed by atoms with Crippen molar-refractivity contribution in [2.75, 3.05) is 0 Å². The maximum atomic E-state index is 6.16. The molecule has 0 aliphatic carbocycles. The van der Waals surface area contributed by atoms with Crippen LogP contribution in [0.1, 0.15) is 24.2 Å². The van der Waals surface area contributed by atoms with Crippen LogP contribution in [0.5, 0.6) is 0 Å². The number of benzene rings is 1. The highest BCUT2D eigenvalue weighted by Gasteiger charge is 2.08. The Balaban J connectivity index is 1.98. The maximum Gasteiger partial charge on any atom is 0.0542 e. The molecule has 0 spiro atoms. The van der Waals surface area contributed by atoms with E-state index in [1.807, 2.05) is 36.4 Å². The summed E-state index contributed by atoms with van der Waals surface area (Å²) in [6, 6.07) is 12.1. The summed E-state index contributed by atoms with van der Waals surface area (Å²) < 4.78 is 0.991. The van der Waals surface area contributed by atoms with Gasteiger partial charge in [-0.3, -0.25) is 4.98 Å². The predicted octanol–water partition coefficient (Wildman–Crippen LogP) is 4.35. The van der Waals surface area contributed by atoms with Crippen molar-refractivity contribution in [1.82, 2.24) is 10.3 Å². The molecule has 1 heterocycles. The molecule has 0 aliphatic rings. The summed E-state index contributed by atoms with van der Waals surface area (Å²) in [6.07, 6.45) is 1.80. The monoisotopic (exact) mass is 324 g/mol. The summed E-state index contributed by atoms with van der Waals surface area (Å²) in [5.74, 6) is 0. The van der Waals surface area contributed by atoms with Crippen LogP contribution in [0.4, 0.5) is 0 Å². The molecular formula is C14H14BrClN2. The lowest BCUT2D eigenvalue weighted by Crippen LogP contribution is -2.19. The van der Waals surface area contributed by atoms with E-state index >= 15 is 0 Å². The third-order valence-electron chi connectivity index (χ3n) is 2.75. The molecule has 0 radical (unpaired) electrons. The van der Waals surface area contributed by atoms with Gasteiger partial charge in [0, 0.05) is 28.3 Å². The summed E-state index contributed by atoms with van der Waals surface area (Å²) >= 11 is 9.53. The standard InChI is InChI=1S/C14H14BrClN2/c1-10(13-4-2-3-5-14(13)16)17-9-12-7-6-11(15)8-18-12/h2-8,10,17H,9H2,1H3. The Morgan fingerprint density at radius 1 is 1.28 bits per heavy atom. The number of pyridine rings is 1. The number of nitrogens with zero attached hydrogens (tertiary/aromatic N) is 1. The Morgan fingerprint density at radius 3 is 2.72 bits per heavy atom. The number of aromatic nitrogens is 1. The molecule has 0 saturated heterocycles. The molecule has 1 unspecified atom stereocenters. The van der Waals surface area contributed by atoms with Crippen LogP contribution in [0.3, 0.4) is 0 Å². The van der Waals surface area contributed by atoms with Gasteiger partial charge in [0.1, 0.15) is 0 Å². The number of hydrogen-bond acceptors (Lipinski definition) is 2. The van der Waals surface area contributed by atoms with E-state index in [2.05, 4.69) is 33.2 Å². The molecule has 1 aromatic heterocycles. The van der Waals surface area contributed by atoms with Crippen LogP contribution in [0.25, 0.3) is 0 Å². The van der Waals surface area contributed by atoms with Gasteiger partial charge in [-0.05, 0) is 46.6 Å². The molecule has 2 nitrogen and oxygen atoms in total. The third-order valence-corrected chi connectivity index (χ3v) is 3.56. The fraction of sp³-hybridized carbons (Fsp3) is 0.214. The van der Waals surface area contributed by atoms with E-state index in [0.29, 0.717) is 0 Å². The van der Waals surface area contributed by atoms with Crippen LogP contribution in [-0.4, -0.2) is 4.98 Å². The molecule has 0 aliphatic heterocycles. The average molecular weight is 326 g/mol. The second-order valence-corrected chi connectivity index (χ2v) is 5.41. The summed E-state index contributed by atoms with van der Waals surface area (Å²) in [5.41, 5.74) is 2.12. The van der Waals surface area contributed by atoms with Crippen molar-refractivity contribution < 1.29 is 0 Å². The van der Waals surface area contributed by atoms with E-state index in [0.717, 1.165) is 27.3 Å². The van der Waals surface area contributed by atoms with Crippen LogP contribution in [0, 0.1) is 0 Å². The van der Waals surface area contributed by atoms with Gasteiger partial charge in [-0.1, -0.05) is 29.8 Å². The minimum atomic E-state index is 0.198. The van der Waals surface area contributed by atoms with Gasteiger partial charge < -0.3 is 5.32 Å². The molecule has 0 fully saturated rings. The van der Waals surface area contributed by atoms with Gasteiger partial charge >= 0.3 is 0 Å². The van der Waals surface area contributed by atoms with Crippen molar-refractivity contribution in [3.8, 4) is 0 Å². The van der Waals surface area contributed by atoms with E-state index in [4.69, 9.17) is 11.6 Å². The Hall–Kier alpha value is -0.900. The van der Waals surface area contributed by atoms with Crippen molar-refractivity contribution >= 4 is 27.5 Å². The lowest BCUT2D eigenvalue weighted by atomic mass is 10.1. The molecule has 0 saturated carbocycles. The zero-order valence-corrected chi connectivity index (χ0v) is 12.4. The van der Waals surface area contributed by atoms with Gasteiger partial charge in [-0.25, -0.2) is 0 Å². The lowest BCUT2D eigenvalue weighted by Gasteiger charge is -2.15. The van der Waals surface area contributed by atoms with E-state index in [1.165, 1.54) is 0 Å². The van der Waals surface area contributed by atoms with Gasteiger partial charge in [0.15, 0.2) is 0 Å². The predicted molar refractivity (Wildman–Crippen MR) is 78.6 cm³/mol. The molecule has 2 aromatic rings. The molecule has 94 valence electrons. The summed E-state index contributed by atoms with van der Waals surface area (Å²) in [7, 11) is 0. The fourth-order valence-corrected chi connectivity index (χ4v) is 2.24. The van der Waals surface area contributed by atoms with E-state index in [1.54, 1.807) is 6.20 Å². The first-order chi connectivity index (χ1) is 8.66. The Kier molecular flexibility index (Phi) is 4.75. The van der Waals surface area contributed by atoms with E-state index in [-0.39, 0.29) is 6.04 Å². The van der Waals surface area contributed by atoms with Crippen LogP contribution in [-0.2, 0) is 6.54 Å². The number of nitrogens with one attached hydrogen (secondary N) is 1. The molecule has 0 amide bonds. The molecule has 2 rings (SSSR count). The molecule has 1 atom stereocenters. The van der Waals surface area contributed by atoms with Crippen LogP contribution in [0.2, 0.25) is 5.02 Å². The van der Waals surface area contributed by atoms with Gasteiger partial charge in [-0.2, -0.15) is 0 Å². The smallest absolute Gasteiger partial charge is 0.0542 e. The van der Waals surface area contributed by atoms with Crippen LogP contribution < -0.4 is 5.32 Å². The van der Waals surface area contributed by atoms with Gasteiger partial charge in [0.2, 0.25) is 0 Å². The van der Waals surface area contributed by atoms with E-state index < -0.39 is 0 Å². The Bertz CT molecular complexity index is 513. The molecular weight excluding hydrogens is 312 g/mol. The molecule has 18 heavy (non-hydrogen) atoms. The highest BCUT2D eigenvalue weighted by atomic mass is 79.9. The van der Waals surface area contributed by atoms with Crippen molar-refractivity contribution in [1.29, 1.82) is 0 Å². The van der Waals surface area contributed by atoms with Crippen molar-refractivity contribution in [3.63, 3.8) is 0 Å². The van der Waals surface area contributed by atoms with Crippen molar-refractivity contribution in [2.45, 2.75) is 19.5 Å². The Labute approximate surface area is 121 Å². The summed E-state index contributed by atoms with van der Waals surface area (Å²) in [6.45, 7) is 2.82. The largest absolute Gasteiger partial charge is 0.305 e. The van der Waals surface area contributed by atoms with E-state index in [9.17, 15) is 0 Å². The SMILES string of the molecule is CC(NCc1ccc(Br)cn1)c1ccccc1Cl. The second kappa shape index (κ2) is 6.32. The topological polar surface area (TPSA) is 24.9 Å². The first-order valence-electron chi connectivity index (χ1n) is 5.75. The minimum Gasteiger partial charge on any atom is -0.305 e. The number of hydrogen-bond donors (Lipinski definition) is 1. The minimum absolute atomic E-state index is 0.198. The lowest BCUT2D eigenvalue weighted by molar-refractivity contribution is 0.568. The normalized spacial score (nSPS) is 12.4. The molecule has 0 bridgehead atoms. The maximum absolute atomic E-state index is 6.16. The molecule has 4 heteroatoms. The number of rotatable bonds is 4. The van der Waals surface area contributed by atoms with Crippen LogP contribution >= 0.6 is 27.5 Å². The highest BCUT2D eigenvalue weighted by Crippen LogP contribution is 2.22. The zero-order valence-electron chi connectivity index (χ0n) is 10.0. The van der Waals surface area contributed by atoms with Crippen LogP contribution in [0.15, 0.2) is 47.1 Å². The van der Waals surface area contributed by atoms with Crippen molar-refractivity contribution in [3.05, 3.63) is 63.3 Å². The quantitative estimate of drug-likeness (QED) is 0.904. The van der Waals surface area contributed by atoms with Crippen molar-refractivity contribution in [2.24, 2.45) is 0 Å². The number of halogens is 2. The third kappa shape index (κ3) is 3.55. The second-order valence-electron chi connectivity index (χ2n) is 4.09. The summed E-state index contributed by atoms with van der Waals surface area (Å²) in [5, 5.41) is 4.21.